The molecule has 1 aliphatic rings. The third-order valence-electron chi connectivity index (χ3n) is 3.96. The highest BCUT2D eigenvalue weighted by molar-refractivity contribution is 7.98. The van der Waals surface area contributed by atoms with Crippen LogP contribution in [0.1, 0.15) is 45.4 Å². The Kier molecular flexibility index (Phi) is 9.93. The Morgan fingerprint density at radius 2 is 2.15 bits per heavy atom. The van der Waals surface area contributed by atoms with Crippen molar-refractivity contribution in [2.45, 2.75) is 51.5 Å². The monoisotopic (exact) mass is 300 g/mol. The first-order valence-electron chi connectivity index (χ1n) is 8.04. The number of nitrogens with two attached hydrogens (primary N) is 1. The van der Waals surface area contributed by atoms with Gasteiger partial charge in [0.05, 0.1) is 6.54 Å². The smallest absolute Gasteiger partial charge is 0.188 e. The number of thioether (sulfide) groups is 1. The van der Waals surface area contributed by atoms with E-state index in [1.165, 1.54) is 50.8 Å². The van der Waals surface area contributed by atoms with Crippen molar-refractivity contribution in [2.24, 2.45) is 10.7 Å². The van der Waals surface area contributed by atoms with Crippen LogP contribution in [-0.4, -0.2) is 55.1 Å². The van der Waals surface area contributed by atoms with E-state index in [1.54, 1.807) is 0 Å². The second-order valence-corrected chi connectivity index (χ2v) is 6.47. The van der Waals surface area contributed by atoms with Crippen molar-refractivity contribution in [3.63, 3.8) is 0 Å². The quantitative estimate of drug-likeness (QED) is 0.369. The highest BCUT2D eigenvalue weighted by Crippen LogP contribution is 2.16. The Bertz CT molecular complexity index is 271. The van der Waals surface area contributed by atoms with Crippen molar-refractivity contribution in [2.75, 3.05) is 38.2 Å². The van der Waals surface area contributed by atoms with Gasteiger partial charge in [0.1, 0.15) is 0 Å². The molecule has 0 radical (unpaired) electrons. The van der Waals surface area contributed by atoms with Gasteiger partial charge in [-0.15, -0.1) is 0 Å². The molecule has 0 spiro atoms. The molecule has 118 valence electrons. The molecule has 1 saturated heterocycles. The van der Waals surface area contributed by atoms with Gasteiger partial charge in [0.2, 0.25) is 0 Å². The molecule has 1 rings (SSSR count). The van der Waals surface area contributed by atoms with Crippen LogP contribution in [0.15, 0.2) is 4.99 Å². The molecule has 0 bridgehead atoms. The third kappa shape index (κ3) is 7.39. The Balaban J connectivity index is 2.04. The van der Waals surface area contributed by atoms with Gasteiger partial charge < -0.3 is 11.1 Å². The summed E-state index contributed by atoms with van der Waals surface area (Å²) in [4.78, 5) is 6.99. The standard InChI is InChI=1S/C15H32N4S/c1-3-19-11-8-9-14(19)13-18-15(16)17-10-6-4-5-7-12-20-2/h14H,3-13H2,1-2H3,(H3,16,17,18). The zero-order chi connectivity index (χ0) is 14.6. The molecule has 0 aromatic rings. The molecule has 1 fully saturated rings. The van der Waals surface area contributed by atoms with Gasteiger partial charge in [-0.2, -0.15) is 11.8 Å². The fraction of sp³-hybridized carbons (Fsp3) is 0.933. The minimum atomic E-state index is 0.604. The lowest BCUT2D eigenvalue weighted by molar-refractivity contribution is 0.273. The maximum Gasteiger partial charge on any atom is 0.188 e. The minimum Gasteiger partial charge on any atom is -0.370 e. The van der Waals surface area contributed by atoms with Crippen molar-refractivity contribution >= 4 is 17.7 Å². The second-order valence-electron chi connectivity index (χ2n) is 5.48. The fourth-order valence-corrected chi connectivity index (χ4v) is 3.21. The number of hydrogen-bond acceptors (Lipinski definition) is 3. The average Bonchev–Trinajstić information content (AvgIpc) is 2.91. The van der Waals surface area contributed by atoms with Crippen molar-refractivity contribution in [3.8, 4) is 0 Å². The van der Waals surface area contributed by atoms with Crippen LogP contribution >= 0.6 is 11.8 Å². The molecule has 0 saturated carbocycles. The average molecular weight is 301 g/mol. The number of likely N-dealkylation sites (N-methyl/N-ethyl adjacent to an activating group) is 1. The molecule has 0 aromatic carbocycles. The Hall–Kier alpha value is -0.420. The molecule has 0 aromatic heterocycles. The van der Waals surface area contributed by atoms with Crippen LogP contribution < -0.4 is 11.1 Å². The maximum atomic E-state index is 5.92. The Labute approximate surface area is 129 Å². The van der Waals surface area contributed by atoms with Crippen LogP contribution in [0, 0.1) is 0 Å². The van der Waals surface area contributed by atoms with Crippen molar-refractivity contribution in [3.05, 3.63) is 0 Å². The van der Waals surface area contributed by atoms with Crippen molar-refractivity contribution in [1.29, 1.82) is 0 Å². The predicted molar refractivity (Wildman–Crippen MR) is 91.6 cm³/mol. The second kappa shape index (κ2) is 11.3. The highest BCUT2D eigenvalue weighted by Gasteiger charge is 2.22. The van der Waals surface area contributed by atoms with Gasteiger partial charge in [0.25, 0.3) is 0 Å². The summed E-state index contributed by atoms with van der Waals surface area (Å²) >= 11 is 1.93. The molecule has 3 N–H and O–H groups in total. The van der Waals surface area contributed by atoms with Crippen LogP contribution in [-0.2, 0) is 0 Å². The summed E-state index contributed by atoms with van der Waals surface area (Å²) in [6.07, 6.45) is 9.87. The molecule has 0 aliphatic carbocycles. The molecular formula is C15H32N4S. The van der Waals surface area contributed by atoms with E-state index in [2.05, 4.69) is 28.4 Å². The lowest BCUT2D eigenvalue weighted by atomic mass is 10.2. The lowest BCUT2D eigenvalue weighted by Gasteiger charge is -2.20. The zero-order valence-corrected chi connectivity index (χ0v) is 14.1. The normalized spacial score (nSPS) is 20.5. The van der Waals surface area contributed by atoms with Gasteiger partial charge in [0, 0.05) is 12.6 Å². The highest BCUT2D eigenvalue weighted by atomic mass is 32.2. The number of likely N-dealkylation sites (tertiary alicyclic amines) is 1. The SMILES string of the molecule is CCN1CCCC1CN=C(N)NCCCCCCSC. The fourth-order valence-electron chi connectivity index (χ4n) is 2.72. The molecule has 4 nitrogen and oxygen atoms in total. The lowest BCUT2D eigenvalue weighted by Crippen LogP contribution is -2.36. The van der Waals surface area contributed by atoms with E-state index in [9.17, 15) is 0 Å². The van der Waals surface area contributed by atoms with E-state index in [4.69, 9.17) is 5.73 Å². The van der Waals surface area contributed by atoms with E-state index in [-0.39, 0.29) is 0 Å². The Morgan fingerprint density at radius 3 is 2.90 bits per heavy atom. The maximum absolute atomic E-state index is 5.92. The number of unbranched alkanes of at least 4 members (excludes halogenated alkanes) is 3. The van der Waals surface area contributed by atoms with E-state index in [1.807, 2.05) is 11.8 Å². The van der Waals surface area contributed by atoms with Crippen LogP contribution in [0.2, 0.25) is 0 Å². The Morgan fingerprint density at radius 1 is 1.35 bits per heavy atom. The number of hydrogen-bond donors (Lipinski definition) is 2. The molecule has 20 heavy (non-hydrogen) atoms. The first kappa shape index (κ1) is 17.6. The number of nitrogens with zero attached hydrogens (tertiary/aromatic N) is 2. The van der Waals surface area contributed by atoms with Gasteiger partial charge in [-0.05, 0) is 50.8 Å². The van der Waals surface area contributed by atoms with E-state index < -0.39 is 0 Å². The topological polar surface area (TPSA) is 53.6 Å². The zero-order valence-electron chi connectivity index (χ0n) is 13.2. The number of guanidine groups is 1. The van der Waals surface area contributed by atoms with Crippen LogP contribution in [0.5, 0.6) is 0 Å². The summed E-state index contributed by atoms with van der Waals surface area (Å²) in [6, 6.07) is 0.604. The van der Waals surface area contributed by atoms with Crippen molar-refractivity contribution in [1.82, 2.24) is 10.2 Å². The van der Waals surface area contributed by atoms with E-state index in [0.29, 0.717) is 12.0 Å². The first-order valence-corrected chi connectivity index (χ1v) is 9.44. The third-order valence-corrected chi connectivity index (χ3v) is 4.66. The summed E-state index contributed by atoms with van der Waals surface area (Å²) in [5.41, 5.74) is 5.92. The summed E-state index contributed by atoms with van der Waals surface area (Å²) in [7, 11) is 0. The van der Waals surface area contributed by atoms with Gasteiger partial charge in [-0.1, -0.05) is 19.8 Å². The van der Waals surface area contributed by atoms with Crippen LogP contribution in [0.3, 0.4) is 0 Å². The molecule has 1 atom stereocenters. The van der Waals surface area contributed by atoms with E-state index in [0.717, 1.165) is 19.6 Å². The summed E-state index contributed by atoms with van der Waals surface area (Å²) in [6.45, 7) is 6.38. The van der Waals surface area contributed by atoms with E-state index >= 15 is 0 Å². The number of nitrogens with one attached hydrogen (secondary N) is 1. The van der Waals surface area contributed by atoms with Crippen LogP contribution in [0.25, 0.3) is 0 Å². The van der Waals surface area contributed by atoms with Crippen LogP contribution in [0.4, 0.5) is 0 Å². The largest absolute Gasteiger partial charge is 0.370 e. The number of rotatable bonds is 10. The summed E-state index contributed by atoms with van der Waals surface area (Å²) in [5, 5.41) is 3.23. The summed E-state index contributed by atoms with van der Waals surface area (Å²) < 4.78 is 0. The predicted octanol–water partition coefficient (Wildman–Crippen LogP) is 2.30. The van der Waals surface area contributed by atoms with Gasteiger partial charge in [-0.25, -0.2) is 0 Å². The molecule has 0 amide bonds. The van der Waals surface area contributed by atoms with Crippen molar-refractivity contribution < 1.29 is 0 Å². The van der Waals surface area contributed by atoms with Gasteiger partial charge in [0.15, 0.2) is 5.96 Å². The summed E-state index contributed by atoms with van der Waals surface area (Å²) in [5.74, 6) is 1.91. The number of aliphatic imine (C=N–C) groups is 1. The first-order chi connectivity index (χ1) is 9.77. The minimum absolute atomic E-state index is 0.604. The molecule has 5 heteroatoms. The molecule has 1 unspecified atom stereocenters. The molecular weight excluding hydrogens is 268 g/mol. The molecule has 1 heterocycles. The molecule has 1 aliphatic heterocycles. The van der Waals surface area contributed by atoms with Gasteiger partial charge in [-0.3, -0.25) is 9.89 Å². The van der Waals surface area contributed by atoms with Gasteiger partial charge >= 0.3 is 0 Å².